The minimum atomic E-state index is -3.10. The molecule has 20 heavy (non-hydrogen) atoms. The maximum atomic E-state index is 11.9. The summed E-state index contributed by atoms with van der Waals surface area (Å²) >= 11 is 0. The molecule has 2 aliphatic rings. The first-order valence-electron chi connectivity index (χ1n) is 7.57. The predicted molar refractivity (Wildman–Crippen MR) is 76.4 cm³/mol. The van der Waals surface area contributed by atoms with E-state index in [-0.39, 0.29) is 5.75 Å². The van der Waals surface area contributed by atoms with E-state index in [1.165, 1.54) is 19.3 Å². The average molecular weight is 298 g/mol. The molecule has 2 fully saturated rings. The van der Waals surface area contributed by atoms with Gasteiger partial charge in [-0.25, -0.2) is 8.42 Å². The largest absolute Gasteiger partial charge is 0.471 e. The Morgan fingerprint density at radius 2 is 1.85 bits per heavy atom. The molecule has 1 aliphatic carbocycles. The molecule has 1 unspecified atom stereocenters. The van der Waals surface area contributed by atoms with E-state index >= 15 is 0 Å². The Bertz CT molecular complexity index is 547. The van der Waals surface area contributed by atoms with Crippen molar-refractivity contribution in [1.82, 2.24) is 9.78 Å². The van der Waals surface area contributed by atoms with Crippen LogP contribution in [-0.2, 0) is 9.84 Å². The van der Waals surface area contributed by atoms with Crippen LogP contribution in [0, 0.1) is 0 Å². The van der Waals surface area contributed by atoms with Crippen LogP contribution in [0.5, 0.6) is 5.75 Å². The van der Waals surface area contributed by atoms with E-state index in [9.17, 15) is 8.42 Å². The van der Waals surface area contributed by atoms with Gasteiger partial charge in [-0.3, -0.25) is 4.68 Å². The van der Waals surface area contributed by atoms with E-state index in [1.807, 2.05) is 10.9 Å². The first-order chi connectivity index (χ1) is 9.65. The first kappa shape index (κ1) is 13.9. The Labute approximate surface area is 120 Å². The lowest BCUT2D eigenvalue weighted by atomic mass is 9.96. The summed E-state index contributed by atoms with van der Waals surface area (Å²) in [6.45, 7) is 0. The zero-order chi connectivity index (χ0) is 14.0. The third kappa shape index (κ3) is 3.00. The number of nitrogens with zero attached hydrogens (tertiary/aromatic N) is 2. The minimum Gasteiger partial charge on any atom is -0.471 e. The quantitative estimate of drug-likeness (QED) is 0.860. The van der Waals surface area contributed by atoms with Crippen molar-refractivity contribution in [2.75, 3.05) is 5.75 Å². The Morgan fingerprint density at radius 1 is 1.10 bits per heavy atom. The second-order valence-electron chi connectivity index (χ2n) is 5.86. The highest BCUT2D eigenvalue weighted by Gasteiger charge is 2.31. The normalized spacial score (nSPS) is 27.3. The molecule has 1 aromatic rings. The zero-order valence-corrected chi connectivity index (χ0v) is 12.5. The fourth-order valence-corrected chi connectivity index (χ4v) is 4.79. The van der Waals surface area contributed by atoms with E-state index in [0.29, 0.717) is 18.2 Å². The predicted octanol–water partition coefficient (Wildman–Crippen LogP) is 2.69. The molecule has 112 valence electrons. The fraction of sp³-hybridized carbons (Fsp3) is 0.786. The molecule has 1 aliphatic heterocycles. The van der Waals surface area contributed by atoms with Gasteiger partial charge in [0.15, 0.2) is 21.0 Å². The fourth-order valence-electron chi connectivity index (χ4n) is 3.14. The van der Waals surface area contributed by atoms with Crippen molar-refractivity contribution in [2.24, 2.45) is 0 Å². The Hall–Kier alpha value is -1.04. The molecule has 6 heteroatoms. The van der Waals surface area contributed by atoms with Crippen LogP contribution >= 0.6 is 0 Å². The molecule has 2 heterocycles. The molecule has 3 rings (SSSR count). The van der Waals surface area contributed by atoms with Crippen LogP contribution in [0.3, 0.4) is 0 Å². The smallest absolute Gasteiger partial charge is 0.199 e. The zero-order valence-electron chi connectivity index (χ0n) is 11.7. The van der Waals surface area contributed by atoms with Crippen LogP contribution in [0.15, 0.2) is 12.4 Å². The van der Waals surface area contributed by atoms with Gasteiger partial charge in [-0.15, -0.1) is 0 Å². The van der Waals surface area contributed by atoms with Gasteiger partial charge in [0.1, 0.15) is 0 Å². The van der Waals surface area contributed by atoms with Crippen molar-refractivity contribution in [3.05, 3.63) is 12.4 Å². The maximum absolute atomic E-state index is 11.9. The summed E-state index contributed by atoms with van der Waals surface area (Å²) < 4.78 is 31.5. The van der Waals surface area contributed by atoms with Crippen LogP contribution in [0.4, 0.5) is 0 Å². The van der Waals surface area contributed by atoms with Gasteiger partial charge in [-0.2, -0.15) is 5.10 Å². The van der Waals surface area contributed by atoms with Gasteiger partial charge in [-0.05, 0) is 32.1 Å². The molecule has 0 radical (unpaired) electrons. The average Bonchev–Trinajstić information content (AvgIpc) is 2.91. The third-order valence-electron chi connectivity index (χ3n) is 4.31. The second-order valence-corrected chi connectivity index (χ2v) is 8.12. The number of sulfone groups is 1. The van der Waals surface area contributed by atoms with Crippen LogP contribution < -0.4 is 4.74 Å². The lowest BCUT2D eigenvalue weighted by molar-refractivity contribution is 0.250. The van der Waals surface area contributed by atoms with Gasteiger partial charge in [0.25, 0.3) is 0 Å². The van der Waals surface area contributed by atoms with Gasteiger partial charge < -0.3 is 4.74 Å². The van der Waals surface area contributed by atoms with Gasteiger partial charge in [-0.1, -0.05) is 19.3 Å². The molecular formula is C14H22N2O3S. The highest BCUT2D eigenvalue weighted by molar-refractivity contribution is 7.91. The third-order valence-corrected chi connectivity index (χ3v) is 6.30. The van der Waals surface area contributed by atoms with Crippen molar-refractivity contribution in [3.8, 4) is 5.75 Å². The topological polar surface area (TPSA) is 61.2 Å². The summed E-state index contributed by atoms with van der Waals surface area (Å²) in [6, 6.07) is 0.448. The van der Waals surface area contributed by atoms with Crippen molar-refractivity contribution >= 4 is 9.84 Å². The molecule has 0 N–H and O–H groups in total. The van der Waals surface area contributed by atoms with Gasteiger partial charge in [0.05, 0.1) is 24.2 Å². The van der Waals surface area contributed by atoms with Crippen LogP contribution in [0.1, 0.15) is 57.4 Å². The lowest BCUT2D eigenvalue weighted by Gasteiger charge is -2.23. The van der Waals surface area contributed by atoms with Gasteiger partial charge in [0.2, 0.25) is 0 Å². The Kier molecular flexibility index (Phi) is 4.01. The molecule has 0 amide bonds. The number of ether oxygens (including phenoxy) is 1. The number of rotatable bonds is 3. The van der Waals surface area contributed by atoms with Crippen LogP contribution in [0.2, 0.25) is 0 Å². The summed E-state index contributed by atoms with van der Waals surface area (Å²) in [6.07, 6.45) is 11.9. The molecule has 0 bridgehead atoms. The molecular weight excluding hydrogens is 276 g/mol. The SMILES string of the molecule is O=S1(=O)CCCCC1Oc1cnn(C2CCCCC2)c1. The highest BCUT2D eigenvalue weighted by atomic mass is 32.2. The van der Waals surface area contributed by atoms with E-state index in [1.54, 1.807) is 6.20 Å². The molecule has 0 spiro atoms. The van der Waals surface area contributed by atoms with Gasteiger partial charge >= 0.3 is 0 Å². The lowest BCUT2D eigenvalue weighted by Crippen LogP contribution is -2.33. The van der Waals surface area contributed by atoms with Crippen LogP contribution in [0.25, 0.3) is 0 Å². The van der Waals surface area contributed by atoms with E-state index in [2.05, 4.69) is 5.10 Å². The Morgan fingerprint density at radius 3 is 2.60 bits per heavy atom. The summed E-state index contributed by atoms with van der Waals surface area (Å²) in [5, 5.41) is 4.35. The highest BCUT2D eigenvalue weighted by Crippen LogP contribution is 2.29. The molecule has 1 saturated carbocycles. The van der Waals surface area contributed by atoms with E-state index in [0.717, 1.165) is 25.7 Å². The van der Waals surface area contributed by atoms with Crippen molar-refractivity contribution in [1.29, 1.82) is 0 Å². The van der Waals surface area contributed by atoms with Crippen molar-refractivity contribution in [3.63, 3.8) is 0 Å². The summed E-state index contributed by atoms with van der Waals surface area (Å²) in [5.74, 6) is 0.833. The van der Waals surface area contributed by atoms with Gasteiger partial charge in [0, 0.05) is 0 Å². The van der Waals surface area contributed by atoms with Crippen LogP contribution in [-0.4, -0.2) is 29.4 Å². The monoisotopic (exact) mass is 298 g/mol. The summed E-state index contributed by atoms with van der Waals surface area (Å²) in [5.41, 5.74) is -0.680. The van der Waals surface area contributed by atoms with Crippen molar-refractivity contribution < 1.29 is 13.2 Å². The standard InChI is InChI=1S/C14H22N2O3S/c17-20(18)9-5-4-8-14(20)19-13-10-15-16(11-13)12-6-2-1-3-7-12/h10-12,14H,1-9H2. The number of aromatic nitrogens is 2. The maximum Gasteiger partial charge on any atom is 0.199 e. The molecule has 0 aromatic carbocycles. The molecule has 1 saturated heterocycles. The van der Waals surface area contributed by atoms with E-state index in [4.69, 9.17) is 4.74 Å². The van der Waals surface area contributed by atoms with Crippen molar-refractivity contribution in [2.45, 2.75) is 62.8 Å². The second kappa shape index (κ2) is 5.76. The minimum absolute atomic E-state index is 0.244. The number of hydrogen-bond acceptors (Lipinski definition) is 4. The molecule has 5 nitrogen and oxygen atoms in total. The Balaban J connectivity index is 1.67. The first-order valence-corrected chi connectivity index (χ1v) is 9.29. The summed E-state index contributed by atoms with van der Waals surface area (Å²) in [7, 11) is -3.10. The van der Waals surface area contributed by atoms with E-state index < -0.39 is 15.3 Å². The summed E-state index contributed by atoms with van der Waals surface area (Å²) in [4.78, 5) is 0. The molecule has 1 atom stereocenters. The molecule has 1 aromatic heterocycles. The number of hydrogen-bond donors (Lipinski definition) is 0.